The second-order valence-corrected chi connectivity index (χ2v) is 3.20. The zero-order valence-electron chi connectivity index (χ0n) is 6.54. The summed E-state index contributed by atoms with van der Waals surface area (Å²) in [5, 5.41) is 16.6. The molecule has 8 heteroatoms. The monoisotopic (exact) mass is 209 g/mol. The van der Waals surface area contributed by atoms with Crippen LogP contribution in [0.5, 0.6) is 0 Å². The summed E-state index contributed by atoms with van der Waals surface area (Å²) in [5.74, 6) is -2.53. The van der Waals surface area contributed by atoms with Gasteiger partial charge in [-0.25, -0.2) is 9.13 Å². The van der Waals surface area contributed by atoms with E-state index in [-0.39, 0.29) is 0 Å². The predicted octanol–water partition coefficient (Wildman–Crippen LogP) is -0.412. The van der Waals surface area contributed by atoms with Crippen LogP contribution in [0.1, 0.15) is 0 Å². The Morgan fingerprint density at radius 3 is 1.69 bits per heavy atom. The van der Waals surface area contributed by atoms with Crippen LogP contribution >= 0.6 is 7.68 Å². The van der Waals surface area contributed by atoms with Gasteiger partial charge in [0, 0.05) is 0 Å². The highest BCUT2D eigenvalue weighted by atomic mass is 31.1. The molecule has 0 heterocycles. The van der Waals surface area contributed by atoms with Crippen LogP contribution < -0.4 is 0 Å². The number of hydrogen-bond donors (Lipinski definition) is 2. The Bertz CT molecular complexity index is 248. The van der Waals surface area contributed by atoms with Crippen LogP contribution in [0.2, 0.25) is 0 Å². The van der Waals surface area contributed by atoms with Crippen molar-refractivity contribution in [3.8, 4) is 0 Å². The molecule has 2 N–H and O–H groups in total. The van der Waals surface area contributed by atoms with Crippen LogP contribution in [0.25, 0.3) is 0 Å². The Morgan fingerprint density at radius 2 is 1.46 bits per heavy atom. The molecule has 0 saturated heterocycles. The highest BCUT2D eigenvalue weighted by molar-refractivity contribution is 7.30. The Morgan fingerprint density at radius 1 is 1.08 bits per heavy atom. The summed E-state index contributed by atoms with van der Waals surface area (Å²) in [6.07, 6.45) is -0.562. The van der Waals surface area contributed by atoms with Crippen molar-refractivity contribution in [1.29, 1.82) is 0 Å². The molecular formula is C5H8NO6P. The third-order valence-electron chi connectivity index (χ3n) is 1.03. The van der Waals surface area contributed by atoms with Crippen molar-refractivity contribution in [2.45, 2.75) is 0 Å². The van der Waals surface area contributed by atoms with E-state index in [4.69, 9.17) is 10.2 Å². The number of aliphatic carboxylic acids is 2. The van der Waals surface area contributed by atoms with Crippen LogP contribution in [0.4, 0.5) is 0 Å². The van der Waals surface area contributed by atoms with Gasteiger partial charge >= 0.3 is 19.6 Å². The van der Waals surface area contributed by atoms with Gasteiger partial charge in [-0.05, 0) is 0 Å². The molecule has 0 aromatic heterocycles. The summed E-state index contributed by atoms with van der Waals surface area (Å²) in [7, 11) is -2.80. The van der Waals surface area contributed by atoms with Crippen LogP contribution in [0.15, 0.2) is 0 Å². The molecule has 74 valence electrons. The van der Waals surface area contributed by atoms with Gasteiger partial charge in [-0.3, -0.25) is 14.5 Å². The molecule has 0 amide bonds. The molecule has 0 bridgehead atoms. The number of nitrogens with zero attached hydrogens (tertiary/aromatic N) is 1. The van der Waals surface area contributed by atoms with Gasteiger partial charge < -0.3 is 10.2 Å². The highest BCUT2D eigenvalue weighted by Crippen LogP contribution is 2.05. The van der Waals surface area contributed by atoms with E-state index in [0.29, 0.717) is 0 Å². The van der Waals surface area contributed by atoms with Gasteiger partial charge in [0.1, 0.15) is 6.29 Å². The van der Waals surface area contributed by atoms with Gasteiger partial charge in [0.15, 0.2) is 0 Å². The maximum Gasteiger partial charge on any atom is 0.330 e. The lowest BCUT2D eigenvalue weighted by Gasteiger charge is -2.12. The molecule has 0 aliphatic rings. The fourth-order valence-corrected chi connectivity index (χ4v) is 1.23. The summed E-state index contributed by atoms with van der Waals surface area (Å²) in [4.78, 5) is 21.1. The quantitative estimate of drug-likeness (QED) is 0.571. The molecule has 0 rings (SSSR count). The van der Waals surface area contributed by atoms with Gasteiger partial charge in [0.25, 0.3) is 0 Å². The van der Waals surface area contributed by atoms with E-state index < -0.39 is 39.0 Å². The number of carboxylic acids is 2. The predicted molar refractivity (Wildman–Crippen MR) is 40.0 cm³/mol. The molecule has 7 nitrogen and oxygen atoms in total. The number of rotatable bonds is 6. The van der Waals surface area contributed by atoms with E-state index in [1.807, 2.05) is 0 Å². The van der Waals surface area contributed by atoms with Crippen LogP contribution in [0.3, 0.4) is 0 Å². The molecule has 0 radical (unpaired) electrons. The van der Waals surface area contributed by atoms with Crippen molar-refractivity contribution >= 4 is 19.6 Å². The van der Waals surface area contributed by atoms with Crippen LogP contribution in [0, 0.1) is 0 Å². The van der Waals surface area contributed by atoms with E-state index in [0.717, 1.165) is 4.90 Å². The molecule has 0 unspecified atom stereocenters. The minimum absolute atomic E-state index is 0.562. The summed E-state index contributed by atoms with van der Waals surface area (Å²) in [5.41, 5.74) is 0. The van der Waals surface area contributed by atoms with Crippen molar-refractivity contribution < 1.29 is 28.9 Å². The van der Waals surface area contributed by atoms with E-state index in [1.54, 1.807) is 0 Å². The molecule has 0 aromatic carbocycles. The second kappa shape index (κ2) is 5.45. The number of hydrogen-bond acceptors (Lipinski definition) is 5. The topological polar surface area (TPSA) is 112 Å². The van der Waals surface area contributed by atoms with E-state index in [2.05, 4.69) is 0 Å². The van der Waals surface area contributed by atoms with Crippen molar-refractivity contribution in [2.75, 3.05) is 19.4 Å². The van der Waals surface area contributed by atoms with Gasteiger partial charge in [-0.1, -0.05) is 0 Å². The molecule has 0 aliphatic carbocycles. The van der Waals surface area contributed by atoms with Crippen LogP contribution in [-0.4, -0.2) is 46.4 Å². The van der Waals surface area contributed by atoms with Crippen LogP contribution in [-0.2, 0) is 18.7 Å². The first kappa shape index (κ1) is 11.8. The summed E-state index contributed by atoms with van der Waals surface area (Å²) in [6, 6.07) is 0. The normalized spacial score (nSPS) is 9.92. The molecular weight excluding hydrogens is 201 g/mol. The van der Waals surface area contributed by atoms with E-state index in [1.165, 1.54) is 0 Å². The lowest BCUT2D eigenvalue weighted by Crippen LogP contribution is -2.33. The van der Waals surface area contributed by atoms with Gasteiger partial charge in [-0.15, -0.1) is 0 Å². The molecule has 0 atom stereocenters. The van der Waals surface area contributed by atoms with E-state index >= 15 is 0 Å². The van der Waals surface area contributed by atoms with Crippen molar-refractivity contribution in [2.24, 2.45) is 0 Å². The first-order chi connectivity index (χ1) is 5.91. The standard InChI is InChI=1S/C5H8NO6P/c7-4(8)1-6(2-5(9)10)3-13(11)12/h1-3H2,(H,7,8)(H,9,10). The summed E-state index contributed by atoms with van der Waals surface area (Å²) >= 11 is 0. The summed E-state index contributed by atoms with van der Waals surface area (Å²) < 4.78 is 20.4. The molecule has 0 fully saturated rings. The van der Waals surface area contributed by atoms with Crippen molar-refractivity contribution in [3.63, 3.8) is 0 Å². The Labute approximate surface area is 73.8 Å². The van der Waals surface area contributed by atoms with Gasteiger partial charge in [0.2, 0.25) is 0 Å². The average molecular weight is 209 g/mol. The Kier molecular flexibility index (Phi) is 4.94. The zero-order chi connectivity index (χ0) is 10.4. The Balaban J connectivity index is 4.18. The zero-order valence-corrected chi connectivity index (χ0v) is 7.44. The summed E-state index contributed by atoms with van der Waals surface area (Å²) in [6.45, 7) is -1.20. The maximum absolute atomic E-state index is 10.2. The fraction of sp³-hybridized carbons (Fsp3) is 0.600. The minimum Gasteiger partial charge on any atom is -0.480 e. The largest absolute Gasteiger partial charge is 0.480 e. The van der Waals surface area contributed by atoms with E-state index in [9.17, 15) is 18.7 Å². The maximum atomic E-state index is 10.2. The first-order valence-electron chi connectivity index (χ1n) is 3.19. The first-order valence-corrected chi connectivity index (χ1v) is 4.56. The molecule has 0 aromatic rings. The third-order valence-corrected chi connectivity index (χ3v) is 1.66. The second-order valence-electron chi connectivity index (χ2n) is 2.25. The van der Waals surface area contributed by atoms with Crippen molar-refractivity contribution in [1.82, 2.24) is 4.90 Å². The molecule has 13 heavy (non-hydrogen) atoms. The SMILES string of the molecule is O=C(O)CN(CC(=O)O)CP(=O)=O. The van der Waals surface area contributed by atoms with Gasteiger partial charge in [0.05, 0.1) is 13.1 Å². The minimum atomic E-state index is -2.80. The number of carbonyl (C=O) groups is 2. The third kappa shape index (κ3) is 7.17. The molecule has 0 aliphatic heterocycles. The molecule has 0 spiro atoms. The number of carboxylic acid groups (broad SMARTS) is 2. The fourth-order valence-electron chi connectivity index (χ4n) is 0.702. The smallest absolute Gasteiger partial charge is 0.330 e. The lowest BCUT2D eigenvalue weighted by atomic mass is 10.5. The Hall–Kier alpha value is -1.20. The lowest BCUT2D eigenvalue weighted by molar-refractivity contribution is -0.141. The van der Waals surface area contributed by atoms with Gasteiger partial charge in [-0.2, -0.15) is 0 Å². The molecule has 0 saturated carbocycles. The average Bonchev–Trinajstić information content (AvgIpc) is 1.80. The highest BCUT2D eigenvalue weighted by Gasteiger charge is 2.14. The van der Waals surface area contributed by atoms with Crippen molar-refractivity contribution in [3.05, 3.63) is 0 Å².